The molecule has 1 amide bonds. The standard InChI is InChI=1S/C15H13BrN4O/c16-11-2-5-13(6-3-11)19-15(21)9-20-14-7-12(17)4-1-10(14)8-18-20/h1-8H,9,17H2,(H,19,21). The lowest BCUT2D eigenvalue weighted by Crippen LogP contribution is -2.19. The molecule has 0 saturated carbocycles. The summed E-state index contributed by atoms with van der Waals surface area (Å²) in [6.45, 7) is 0.142. The van der Waals surface area contributed by atoms with Crippen molar-refractivity contribution in [1.29, 1.82) is 0 Å². The maximum Gasteiger partial charge on any atom is 0.246 e. The molecule has 106 valence electrons. The second-order valence-corrected chi connectivity index (χ2v) is 5.59. The molecule has 1 aromatic heterocycles. The van der Waals surface area contributed by atoms with Crippen molar-refractivity contribution < 1.29 is 4.79 Å². The van der Waals surface area contributed by atoms with Gasteiger partial charge in [0.05, 0.1) is 11.7 Å². The Morgan fingerprint density at radius 1 is 1.24 bits per heavy atom. The molecule has 6 heteroatoms. The second kappa shape index (κ2) is 5.57. The Balaban J connectivity index is 1.77. The van der Waals surface area contributed by atoms with Crippen molar-refractivity contribution in [2.24, 2.45) is 0 Å². The number of carbonyl (C=O) groups is 1. The molecule has 0 spiro atoms. The largest absolute Gasteiger partial charge is 0.399 e. The van der Waals surface area contributed by atoms with Gasteiger partial charge in [-0.3, -0.25) is 9.48 Å². The molecule has 2 aromatic carbocycles. The van der Waals surface area contributed by atoms with Crippen molar-refractivity contribution in [3.8, 4) is 0 Å². The van der Waals surface area contributed by atoms with Crippen LogP contribution in [0.25, 0.3) is 10.9 Å². The topological polar surface area (TPSA) is 72.9 Å². The van der Waals surface area contributed by atoms with Crippen LogP contribution in [0.2, 0.25) is 0 Å². The summed E-state index contributed by atoms with van der Waals surface area (Å²) in [6, 6.07) is 12.9. The lowest BCUT2D eigenvalue weighted by molar-refractivity contribution is -0.116. The minimum atomic E-state index is -0.134. The molecule has 21 heavy (non-hydrogen) atoms. The van der Waals surface area contributed by atoms with Crippen molar-refractivity contribution in [3.05, 3.63) is 53.1 Å². The number of anilines is 2. The van der Waals surface area contributed by atoms with E-state index in [9.17, 15) is 4.79 Å². The van der Waals surface area contributed by atoms with Gasteiger partial charge in [0.25, 0.3) is 0 Å². The van der Waals surface area contributed by atoms with Gasteiger partial charge >= 0.3 is 0 Å². The Labute approximate surface area is 129 Å². The normalized spacial score (nSPS) is 10.7. The van der Waals surface area contributed by atoms with E-state index in [1.165, 1.54) is 0 Å². The third-order valence-electron chi connectivity index (χ3n) is 3.09. The number of halogens is 1. The summed E-state index contributed by atoms with van der Waals surface area (Å²) < 4.78 is 2.61. The molecule has 0 bridgehead atoms. The van der Waals surface area contributed by atoms with Gasteiger partial charge in [-0.25, -0.2) is 0 Å². The number of nitrogens with zero attached hydrogens (tertiary/aromatic N) is 2. The van der Waals surface area contributed by atoms with E-state index in [2.05, 4.69) is 26.3 Å². The van der Waals surface area contributed by atoms with Crippen molar-refractivity contribution in [1.82, 2.24) is 9.78 Å². The van der Waals surface area contributed by atoms with Crippen molar-refractivity contribution in [2.75, 3.05) is 11.1 Å². The highest BCUT2D eigenvalue weighted by atomic mass is 79.9. The van der Waals surface area contributed by atoms with Gasteiger partial charge < -0.3 is 11.1 Å². The van der Waals surface area contributed by atoms with Crippen LogP contribution in [0.1, 0.15) is 0 Å². The van der Waals surface area contributed by atoms with Gasteiger partial charge in [0.2, 0.25) is 5.91 Å². The molecule has 0 aliphatic rings. The van der Waals surface area contributed by atoms with E-state index in [1.54, 1.807) is 10.9 Å². The molecule has 3 rings (SSSR count). The summed E-state index contributed by atoms with van der Waals surface area (Å²) in [6.07, 6.45) is 1.72. The number of benzene rings is 2. The van der Waals surface area contributed by atoms with E-state index in [1.807, 2.05) is 42.5 Å². The highest BCUT2D eigenvalue weighted by molar-refractivity contribution is 9.10. The smallest absolute Gasteiger partial charge is 0.246 e. The number of nitrogen functional groups attached to an aromatic ring is 1. The van der Waals surface area contributed by atoms with Crippen LogP contribution in [-0.2, 0) is 11.3 Å². The van der Waals surface area contributed by atoms with Crippen LogP contribution in [-0.4, -0.2) is 15.7 Å². The van der Waals surface area contributed by atoms with Gasteiger partial charge in [0.15, 0.2) is 0 Å². The summed E-state index contributed by atoms with van der Waals surface area (Å²) in [5, 5.41) is 8.02. The fourth-order valence-electron chi connectivity index (χ4n) is 2.08. The number of hydrogen-bond donors (Lipinski definition) is 2. The Kier molecular flexibility index (Phi) is 3.62. The number of nitrogens with one attached hydrogen (secondary N) is 1. The van der Waals surface area contributed by atoms with Crippen LogP contribution in [0.4, 0.5) is 11.4 Å². The molecule has 0 saturated heterocycles. The Hall–Kier alpha value is -2.34. The van der Waals surface area contributed by atoms with Crippen LogP contribution in [0.3, 0.4) is 0 Å². The molecule has 1 heterocycles. The van der Waals surface area contributed by atoms with Gasteiger partial charge in [-0.05, 0) is 42.5 Å². The average molecular weight is 345 g/mol. The van der Waals surface area contributed by atoms with E-state index < -0.39 is 0 Å². The second-order valence-electron chi connectivity index (χ2n) is 4.68. The summed E-state index contributed by atoms with van der Waals surface area (Å²) in [4.78, 5) is 12.1. The number of amides is 1. The fraction of sp³-hybridized carbons (Fsp3) is 0.0667. The van der Waals surface area contributed by atoms with E-state index in [-0.39, 0.29) is 12.5 Å². The molecule has 0 unspecified atom stereocenters. The first-order valence-electron chi connectivity index (χ1n) is 6.38. The van der Waals surface area contributed by atoms with Crippen molar-refractivity contribution in [2.45, 2.75) is 6.54 Å². The van der Waals surface area contributed by atoms with Crippen LogP contribution in [0.15, 0.2) is 53.1 Å². The highest BCUT2D eigenvalue weighted by Crippen LogP contribution is 2.17. The molecule has 5 nitrogen and oxygen atoms in total. The molecular weight excluding hydrogens is 332 g/mol. The maximum atomic E-state index is 12.1. The first-order valence-corrected chi connectivity index (χ1v) is 7.17. The quantitative estimate of drug-likeness (QED) is 0.717. The van der Waals surface area contributed by atoms with Crippen LogP contribution >= 0.6 is 15.9 Å². The molecule has 3 aromatic rings. The van der Waals surface area contributed by atoms with Gasteiger partial charge in [-0.15, -0.1) is 0 Å². The minimum absolute atomic E-state index is 0.134. The lowest BCUT2D eigenvalue weighted by Gasteiger charge is -2.06. The minimum Gasteiger partial charge on any atom is -0.399 e. The van der Waals surface area contributed by atoms with Crippen LogP contribution in [0, 0.1) is 0 Å². The fourth-order valence-corrected chi connectivity index (χ4v) is 2.35. The zero-order chi connectivity index (χ0) is 14.8. The molecule has 0 aliphatic heterocycles. The summed E-state index contributed by atoms with van der Waals surface area (Å²) >= 11 is 3.36. The average Bonchev–Trinajstić information content (AvgIpc) is 2.84. The van der Waals surface area contributed by atoms with E-state index in [0.717, 1.165) is 21.1 Å². The van der Waals surface area contributed by atoms with Crippen LogP contribution < -0.4 is 11.1 Å². The number of carbonyl (C=O) groups excluding carboxylic acids is 1. The molecule has 0 radical (unpaired) electrons. The number of rotatable bonds is 3. The molecule has 0 fully saturated rings. The summed E-state index contributed by atoms with van der Waals surface area (Å²) in [5.74, 6) is -0.134. The highest BCUT2D eigenvalue weighted by Gasteiger charge is 2.08. The molecular formula is C15H13BrN4O. The third kappa shape index (κ3) is 3.05. The Morgan fingerprint density at radius 3 is 2.76 bits per heavy atom. The molecule has 0 aliphatic carbocycles. The molecule has 3 N–H and O–H groups in total. The number of hydrogen-bond acceptors (Lipinski definition) is 3. The first-order chi connectivity index (χ1) is 10.1. The lowest BCUT2D eigenvalue weighted by atomic mass is 10.2. The summed E-state index contributed by atoms with van der Waals surface area (Å²) in [7, 11) is 0. The van der Waals surface area contributed by atoms with Crippen LogP contribution in [0.5, 0.6) is 0 Å². The van der Waals surface area contributed by atoms with E-state index in [0.29, 0.717) is 5.69 Å². The summed E-state index contributed by atoms with van der Waals surface area (Å²) in [5.41, 5.74) is 8.02. The Morgan fingerprint density at radius 2 is 2.00 bits per heavy atom. The van der Waals surface area contributed by atoms with Crippen molar-refractivity contribution >= 4 is 44.1 Å². The van der Waals surface area contributed by atoms with Crippen molar-refractivity contribution in [3.63, 3.8) is 0 Å². The maximum absolute atomic E-state index is 12.1. The SMILES string of the molecule is Nc1ccc2cnn(CC(=O)Nc3ccc(Br)cc3)c2c1. The predicted octanol–water partition coefficient (Wildman–Crippen LogP) is 3.02. The molecule has 0 atom stereocenters. The monoisotopic (exact) mass is 344 g/mol. The number of nitrogens with two attached hydrogens (primary N) is 1. The predicted molar refractivity (Wildman–Crippen MR) is 86.9 cm³/mol. The zero-order valence-corrected chi connectivity index (χ0v) is 12.7. The number of aromatic nitrogens is 2. The first kappa shape index (κ1) is 13.6. The third-order valence-corrected chi connectivity index (χ3v) is 3.62. The zero-order valence-electron chi connectivity index (χ0n) is 11.1. The Bertz CT molecular complexity index is 795. The van der Waals surface area contributed by atoms with E-state index >= 15 is 0 Å². The number of fused-ring (bicyclic) bond motifs is 1. The van der Waals surface area contributed by atoms with Gasteiger partial charge in [0.1, 0.15) is 6.54 Å². The van der Waals surface area contributed by atoms with Gasteiger partial charge in [-0.1, -0.05) is 15.9 Å². The van der Waals surface area contributed by atoms with Gasteiger partial charge in [0, 0.05) is 21.2 Å². The van der Waals surface area contributed by atoms with E-state index in [4.69, 9.17) is 5.73 Å². The van der Waals surface area contributed by atoms with Gasteiger partial charge in [-0.2, -0.15) is 5.10 Å².